The number of hydrogen-bond acceptors (Lipinski definition) is 10. The minimum atomic E-state index is 0.0627. The van der Waals surface area contributed by atoms with E-state index < -0.39 is 0 Å². The second-order valence-electron chi connectivity index (χ2n) is 8.99. The molecule has 0 unspecified atom stereocenters. The predicted molar refractivity (Wildman–Crippen MR) is 140 cm³/mol. The van der Waals surface area contributed by atoms with Gasteiger partial charge in [0, 0.05) is 31.3 Å². The van der Waals surface area contributed by atoms with Crippen LogP contribution in [-0.4, -0.2) is 117 Å². The van der Waals surface area contributed by atoms with Crippen molar-refractivity contribution >= 4 is 11.6 Å². The van der Waals surface area contributed by atoms with Crippen LogP contribution in [0.3, 0.4) is 0 Å². The summed E-state index contributed by atoms with van der Waals surface area (Å²) in [5.74, 6) is 0.663. The van der Waals surface area contributed by atoms with E-state index >= 15 is 0 Å². The van der Waals surface area contributed by atoms with Gasteiger partial charge in [0.05, 0.1) is 99.1 Å². The van der Waals surface area contributed by atoms with E-state index in [9.17, 15) is 9.59 Å². The molecule has 0 aromatic carbocycles. The number of ketones is 2. The lowest BCUT2D eigenvalue weighted by atomic mass is 10.1. The van der Waals surface area contributed by atoms with Crippen LogP contribution < -0.4 is 0 Å². The Labute approximate surface area is 223 Å². The topological polar surface area (TPSA) is 108 Å². The van der Waals surface area contributed by atoms with Crippen molar-refractivity contribution in [3.8, 4) is 0 Å². The van der Waals surface area contributed by atoms with Crippen molar-refractivity contribution in [1.82, 2.24) is 0 Å². The Bertz CT molecular complexity index is 469. The maximum absolute atomic E-state index is 11.5. The smallest absolute Gasteiger partial charge is 0.137 e. The van der Waals surface area contributed by atoms with Gasteiger partial charge in [-0.2, -0.15) is 0 Å². The summed E-state index contributed by atoms with van der Waals surface area (Å²) in [6, 6.07) is 0. The van der Waals surface area contributed by atoms with E-state index in [-0.39, 0.29) is 23.4 Å². The molecule has 0 heterocycles. The van der Waals surface area contributed by atoms with Gasteiger partial charge in [-0.1, -0.05) is 27.7 Å². The van der Waals surface area contributed by atoms with E-state index in [1.807, 2.05) is 27.7 Å². The highest BCUT2D eigenvalue weighted by molar-refractivity contribution is 5.80. The summed E-state index contributed by atoms with van der Waals surface area (Å²) < 4.78 is 43.4. The van der Waals surface area contributed by atoms with Crippen LogP contribution in [0.1, 0.15) is 47.0 Å². The van der Waals surface area contributed by atoms with Gasteiger partial charge in [-0.3, -0.25) is 9.59 Å². The number of ether oxygens (including phenoxy) is 8. The van der Waals surface area contributed by atoms with Crippen molar-refractivity contribution in [2.45, 2.75) is 47.0 Å². The lowest BCUT2D eigenvalue weighted by molar-refractivity contribution is -0.123. The predicted octanol–water partition coefficient (Wildman–Crippen LogP) is 2.74. The van der Waals surface area contributed by atoms with Crippen molar-refractivity contribution in [2.75, 3.05) is 106 Å². The molecule has 10 heteroatoms. The number of rotatable bonds is 30. The van der Waals surface area contributed by atoms with Gasteiger partial charge in [0.2, 0.25) is 0 Å². The summed E-state index contributed by atoms with van der Waals surface area (Å²) in [5, 5.41) is 0. The second kappa shape index (κ2) is 28.0. The van der Waals surface area contributed by atoms with Crippen LogP contribution >= 0.6 is 0 Å². The van der Waals surface area contributed by atoms with Gasteiger partial charge in [0.1, 0.15) is 11.6 Å². The molecule has 0 rings (SSSR count). The van der Waals surface area contributed by atoms with Crippen molar-refractivity contribution < 1.29 is 47.5 Å². The first-order valence-electron chi connectivity index (χ1n) is 13.6. The second-order valence-corrected chi connectivity index (χ2v) is 8.99. The molecule has 0 spiro atoms. The highest BCUT2D eigenvalue weighted by Crippen LogP contribution is 2.02. The van der Waals surface area contributed by atoms with E-state index in [0.29, 0.717) is 119 Å². The minimum absolute atomic E-state index is 0.0627. The number of hydrogen-bond donors (Lipinski definition) is 0. The molecular weight excluding hydrogens is 484 g/mol. The van der Waals surface area contributed by atoms with Gasteiger partial charge in [-0.25, -0.2) is 0 Å². The van der Waals surface area contributed by atoms with Crippen LogP contribution in [0.25, 0.3) is 0 Å². The highest BCUT2D eigenvalue weighted by atomic mass is 16.6. The first-order chi connectivity index (χ1) is 17.9. The Morgan fingerprint density at radius 3 is 0.919 bits per heavy atom. The Balaban J connectivity index is 3.10. The molecule has 0 saturated heterocycles. The molecule has 10 nitrogen and oxygen atoms in total. The Morgan fingerprint density at radius 1 is 0.378 bits per heavy atom. The van der Waals surface area contributed by atoms with Gasteiger partial charge in [-0.05, 0) is 6.42 Å². The van der Waals surface area contributed by atoms with Crippen LogP contribution in [0, 0.1) is 11.8 Å². The molecule has 0 aromatic rings. The Kier molecular flexibility index (Phi) is 27.3. The molecule has 0 aliphatic rings. The van der Waals surface area contributed by atoms with E-state index in [1.54, 1.807) is 0 Å². The van der Waals surface area contributed by atoms with Crippen LogP contribution in [0.4, 0.5) is 0 Å². The molecule has 0 saturated carbocycles. The maximum atomic E-state index is 11.5. The van der Waals surface area contributed by atoms with Gasteiger partial charge in [0.25, 0.3) is 0 Å². The summed E-state index contributed by atoms with van der Waals surface area (Å²) in [4.78, 5) is 22.9. The molecule has 0 bridgehead atoms. The zero-order valence-corrected chi connectivity index (χ0v) is 23.7. The highest BCUT2D eigenvalue weighted by Gasteiger charge is 2.06. The molecule has 0 N–H and O–H groups in total. The lowest BCUT2D eigenvalue weighted by Crippen LogP contribution is -2.15. The maximum Gasteiger partial charge on any atom is 0.137 e. The SMILES string of the molecule is CC(C)C(=O)CCCOCCOCCOCCOCCOCCOCCOCCOCCC(=O)C(C)C. The summed E-state index contributed by atoms with van der Waals surface area (Å²) in [5.41, 5.74) is 0. The fourth-order valence-corrected chi connectivity index (χ4v) is 2.74. The van der Waals surface area contributed by atoms with Gasteiger partial charge < -0.3 is 37.9 Å². The van der Waals surface area contributed by atoms with Crippen molar-refractivity contribution in [3.05, 3.63) is 0 Å². The summed E-state index contributed by atoms with van der Waals surface area (Å²) in [6.45, 7) is 15.7. The van der Waals surface area contributed by atoms with Gasteiger partial charge >= 0.3 is 0 Å². The minimum Gasteiger partial charge on any atom is -0.379 e. The van der Waals surface area contributed by atoms with Crippen molar-refractivity contribution in [1.29, 1.82) is 0 Å². The van der Waals surface area contributed by atoms with Crippen LogP contribution in [0.15, 0.2) is 0 Å². The number of carbonyl (C=O) groups excluding carboxylic acids is 2. The van der Waals surface area contributed by atoms with Gasteiger partial charge in [-0.15, -0.1) is 0 Å². The molecule has 0 fully saturated rings. The largest absolute Gasteiger partial charge is 0.379 e. The molecule has 0 radical (unpaired) electrons. The van der Waals surface area contributed by atoms with E-state index in [0.717, 1.165) is 6.42 Å². The molecular formula is C27H52O10. The first kappa shape index (κ1) is 36.0. The Morgan fingerprint density at radius 2 is 0.622 bits per heavy atom. The molecule has 0 aliphatic heterocycles. The molecule has 0 aromatic heterocycles. The zero-order valence-electron chi connectivity index (χ0n) is 23.7. The third-order valence-electron chi connectivity index (χ3n) is 5.10. The zero-order chi connectivity index (χ0) is 27.4. The van der Waals surface area contributed by atoms with E-state index in [1.165, 1.54) is 0 Å². The van der Waals surface area contributed by atoms with Gasteiger partial charge in [0.15, 0.2) is 0 Å². The van der Waals surface area contributed by atoms with Crippen molar-refractivity contribution in [3.63, 3.8) is 0 Å². The first-order valence-corrected chi connectivity index (χ1v) is 13.6. The summed E-state index contributed by atoms with van der Waals surface area (Å²) >= 11 is 0. The summed E-state index contributed by atoms with van der Waals surface area (Å²) in [7, 11) is 0. The normalized spacial score (nSPS) is 11.6. The summed E-state index contributed by atoms with van der Waals surface area (Å²) in [6.07, 6.45) is 1.79. The van der Waals surface area contributed by atoms with Crippen LogP contribution in [0.2, 0.25) is 0 Å². The molecule has 0 amide bonds. The fraction of sp³-hybridized carbons (Fsp3) is 0.926. The standard InChI is InChI=1S/C27H52O10/c1-24(2)26(28)6-5-8-30-10-12-32-14-16-34-18-20-36-22-23-37-21-19-35-17-15-33-13-11-31-9-7-27(29)25(3)4/h24-25H,5-23H2,1-4H3. The molecule has 0 aliphatic carbocycles. The molecule has 0 atom stereocenters. The van der Waals surface area contributed by atoms with Crippen LogP contribution in [-0.2, 0) is 47.5 Å². The average Bonchev–Trinajstić information content (AvgIpc) is 2.87. The van der Waals surface area contributed by atoms with Crippen LogP contribution in [0.5, 0.6) is 0 Å². The van der Waals surface area contributed by atoms with Crippen molar-refractivity contribution in [2.24, 2.45) is 11.8 Å². The Hall–Kier alpha value is -0.980. The monoisotopic (exact) mass is 536 g/mol. The fourth-order valence-electron chi connectivity index (χ4n) is 2.74. The van der Waals surface area contributed by atoms with E-state index in [2.05, 4.69) is 0 Å². The number of Topliss-reactive ketones (excluding diaryl/α,β-unsaturated/α-hetero) is 2. The number of carbonyl (C=O) groups is 2. The lowest BCUT2D eigenvalue weighted by Gasteiger charge is -2.09. The quantitative estimate of drug-likeness (QED) is 0.127. The third-order valence-corrected chi connectivity index (χ3v) is 5.10. The third kappa shape index (κ3) is 27.9. The van der Waals surface area contributed by atoms with E-state index in [4.69, 9.17) is 37.9 Å². The molecule has 37 heavy (non-hydrogen) atoms. The molecule has 220 valence electrons. The average molecular weight is 537 g/mol.